The second-order valence-electron chi connectivity index (χ2n) is 4.85. The first-order valence-electron chi connectivity index (χ1n) is 6.51. The first-order valence-corrected chi connectivity index (χ1v) is 6.51. The lowest BCUT2D eigenvalue weighted by Gasteiger charge is -2.24. The summed E-state index contributed by atoms with van der Waals surface area (Å²) >= 11 is 0. The van der Waals surface area contributed by atoms with Gasteiger partial charge in [0.05, 0.1) is 0 Å². The Morgan fingerprint density at radius 1 is 1.00 bits per heavy atom. The van der Waals surface area contributed by atoms with Gasteiger partial charge in [-0.15, -0.1) is 0 Å². The van der Waals surface area contributed by atoms with Crippen LogP contribution in [0.5, 0.6) is 0 Å². The highest BCUT2D eigenvalue weighted by molar-refractivity contribution is 5.66. The van der Waals surface area contributed by atoms with E-state index in [-0.39, 0.29) is 0 Å². The molecule has 0 atom stereocenters. The molecule has 2 nitrogen and oxygen atoms in total. The summed E-state index contributed by atoms with van der Waals surface area (Å²) in [6.45, 7) is 0. The summed E-state index contributed by atoms with van der Waals surface area (Å²) in [4.78, 5) is 10.2. The fraction of sp³-hybridized carbons (Fsp3) is 0.923. The molecule has 0 aromatic carbocycles. The molecule has 1 aliphatic carbocycles. The van der Waals surface area contributed by atoms with Gasteiger partial charge >= 0.3 is 5.97 Å². The van der Waals surface area contributed by atoms with Crippen molar-refractivity contribution in [2.24, 2.45) is 5.92 Å². The van der Waals surface area contributed by atoms with Gasteiger partial charge in [0.2, 0.25) is 0 Å². The predicted molar refractivity (Wildman–Crippen MR) is 61.9 cm³/mol. The number of hydrogen-bond donors (Lipinski definition) is 1. The number of carboxylic acid groups (broad SMARTS) is 1. The lowest BCUT2D eigenvalue weighted by atomic mass is 9.81. The molecule has 1 aliphatic rings. The van der Waals surface area contributed by atoms with E-state index in [2.05, 4.69) is 0 Å². The third-order valence-corrected chi connectivity index (χ3v) is 3.48. The van der Waals surface area contributed by atoms with E-state index in [9.17, 15) is 4.79 Å². The van der Waals surface area contributed by atoms with Gasteiger partial charge in [0, 0.05) is 6.42 Å². The van der Waals surface area contributed by atoms with Gasteiger partial charge in [-0.3, -0.25) is 4.79 Å². The number of rotatable bonds is 9. The summed E-state index contributed by atoms with van der Waals surface area (Å²) in [6, 6.07) is 0. The number of aliphatic carboxylic acids is 1. The summed E-state index contributed by atoms with van der Waals surface area (Å²) in [6.07, 6.45) is 13.4. The standard InChI is InChI=1S/C13H24O2/c14-13(15)11-6-4-2-1-3-5-8-12-9-7-10-12/h12H,1-11H2,(H,14,15). The van der Waals surface area contributed by atoms with Gasteiger partial charge in [0.1, 0.15) is 0 Å². The molecule has 1 rings (SSSR count). The van der Waals surface area contributed by atoms with E-state index in [4.69, 9.17) is 5.11 Å². The number of unbranched alkanes of at least 4 members (excludes halogenated alkanes) is 5. The minimum atomic E-state index is -0.653. The van der Waals surface area contributed by atoms with E-state index in [1.807, 2.05) is 0 Å². The summed E-state index contributed by atoms with van der Waals surface area (Å²) < 4.78 is 0. The molecule has 0 heterocycles. The van der Waals surface area contributed by atoms with E-state index < -0.39 is 5.97 Å². The van der Waals surface area contributed by atoms with Gasteiger partial charge in [-0.2, -0.15) is 0 Å². The van der Waals surface area contributed by atoms with Crippen molar-refractivity contribution in [1.82, 2.24) is 0 Å². The Kier molecular flexibility index (Phi) is 6.45. The van der Waals surface area contributed by atoms with Crippen molar-refractivity contribution in [3.8, 4) is 0 Å². The average Bonchev–Trinajstić information content (AvgIpc) is 2.12. The number of carbonyl (C=O) groups is 1. The van der Waals surface area contributed by atoms with Crippen LogP contribution in [0.25, 0.3) is 0 Å². The molecule has 0 aliphatic heterocycles. The fourth-order valence-corrected chi connectivity index (χ4v) is 2.20. The van der Waals surface area contributed by atoms with Crippen LogP contribution in [0.3, 0.4) is 0 Å². The molecule has 1 saturated carbocycles. The minimum Gasteiger partial charge on any atom is -0.481 e. The average molecular weight is 212 g/mol. The molecule has 0 bridgehead atoms. The van der Waals surface area contributed by atoms with E-state index in [0.29, 0.717) is 6.42 Å². The Hall–Kier alpha value is -0.530. The second kappa shape index (κ2) is 7.72. The Labute approximate surface area is 93.1 Å². The summed E-state index contributed by atoms with van der Waals surface area (Å²) in [5, 5.41) is 8.45. The van der Waals surface area contributed by atoms with Crippen LogP contribution in [0, 0.1) is 5.92 Å². The van der Waals surface area contributed by atoms with Crippen LogP contribution >= 0.6 is 0 Å². The SMILES string of the molecule is O=C(O)CCCCCCCCC1CCC1. The zero-order valence-corrected chi connectivity index (χ0v) is 9.71. The van der Waals surface area contributed by atoms with Crippen LogP contribution in [-0.4, -0.2) is 11.1 Å². The van der Waals surface area contributed by atoms with Crippen molar-refractivity contribution >= 4 is 5.97 Å². The van der Waals surface area contributed by atoms with Gasteiger partial charge in [-0.05, 0) is 12.3 Å². The van der Waals surface area contributed by atoms with Gasteiger partial charge < -0.3 is 5.11 Å². The van der Waals surface area contributed by atoms with Gasteiger partial charge in [-0.25, -0.2) is 0 Å². The van der Waals surface area contributed by atoms with Crippen LogP contribution in [0.15, 0.2) is 0 Å². The molecule has 1 fully saturated rings. The Morgan fingerprint density at radius 2 is 1.60 bits per heavy atom. The van der Waals surface area contributed by atoms with Crippen LogP contribution < -0.4 is 0 Å². The zero-order valence-electron chi connectivity index (χ0n) is 9.71. The predicted octanol–water partition coefficient (Wildman–Crippen LogP) is 3.99. The summed E-state index contributed by atoms with van der Waals surface area (Å²) in [5.74, 6) is 0.400. The molecule has 88 valence electrons. The first-order chi connectivity index (χ1) is 7.29. The van der Waals surface area contributed by atoms with Gasteiger partial charge in [0.15, 0.2) is 0 Å². The van der Waals surface area contributed by atoms with Crippen LogP contribution in [0.1, 0.15) is 70.6 Å². The van der Waals surface area contributed by atoms with Crippen molar-refractivity contribution < 1.29 is 9.90 Å². The molecule has 0 aromatic rings. The molecule has 2 heteroatoms. The minimum absolute atomic E-state index is 0.349. The highest BCUT2D eigenvalue weighted by atomic mass is 16.4. The van der Waals surface area contributed by atoms with Crippen molar-refractivity contribution in [2.45, 2.75) is 70.6 Å². The Morgan fingerprint density at radius 3 is 2.13 bits per heavy atom. The van der Waals surface area contributed by atoms with Crippen molar-refractivity contribution in [1.29, 1.82) is 0 Å². The van der Waals surface area contributed by atoms with Crippen LogP contribution in [0.2, 0.25) is 0 Å². The molecule has 0 spiro atoms. The monoisotopic (exact) mass is 212 g/mol. The zero-order chi connectivity index (χ0) is 10.9. The third-order valence-electron chi connectivity index (χ3n) is 3.48. The summed E-state index contributed by atoms with van der Waals surface area (Å²) in [5.41, 5.74) is 0. The molecule has 0 saturated heterocycles. The van der Waals surface area contributed by atoms with E-state index in [0.717, 1.165) is 18.8 Å². The maximum atomic E-state index is 10.2. The van der Waals surface area contributed by atoms with E-state index >= 15 is 0 Å². The van der Waals surface area contributed by atoms with Crippen molar-refractivity contribution in [3.63, 3.8) is 0 Å². The lowest BCUT2D eigenvalue weighted by Crippen LogP contribution is -2.10. The van der Waals surface area contributed by atoms with E-state index in [1.165, 1.54) is 51.4 Å². The van der Waals surface area contributed by atoms with Crippen molar-refractivity contribution in [2.75, 3.05) is 0 Å². The maximum absolute atomic E-state index is 10.2. The molecule has 0 amide bonds. The molecule has 0 unspecified atom stereocenters. The Bertz CT molecular complexity index is 173. The van der Waals surface area contributed by atoms with E-state index in [1.54, 1.807) is 0 Å². The van der Waals surface area contributed by atoms with Gasteiger partial charge in [0.25, 0.3) is 0 Å². The topological polar surface area (TPSA) is 37.3 Å². The molecule has 0 aromatic heterocycles. The third kappa shape index (κ3) is 6.53. The first kappa shape index (κ1) is 12.5. The lowest BCUT2D eigenvalue weighted by molar-refractivity contribution is -0.137. The molecule has 1 N–H and O–H groups in total. The smallest absolute Gasteiger partial charge is 0.303 e. The van der Waals surface area contributed by atoms with Crippen LogP contribution in [-0.2, 0) is 4.79 Å². The molecule has 15 heavy (non-hydrogen) atoms. The van der Waals surface area contributed by atoms with Crippen molar-refractivity contribution in [3.05, 3.63) is 0 Å². The molecular weight excluding hydrogens is 188 g/mol. The highest BCUT2D eigenvalue weighted by Crippen LogP contribution is 2.31. The number of hydrogen-bond acceptors (Lipinski definition) is 1. The second-order valence-corrected chi connectivity index (χ2v) is 4.85. The highest BCUT2D eigenvalue weighted by Gasteiger charge is 2.15. The fourth-order valence-electron chi connectivity index (χ4n) is 2.20. The quantitative estimate of drug-likeness (QED) is 0.587. The maximum Gasteiger partial charge on any atom is 0.303 e. The van der Waals surface area contributed by atoms with Gasteiger partial charge in [-0.1, -0.05) is 57.8 Å². The number of carboxylic acids is 1. The molecular formula is C13H24O2. The normalized spacial score (nSPS) is 16.3. The Balaban J connectivity index is 1.71. The molecule has 0 radical (unpaired) electrons. The summed E-state index contributed by atoms with van der Waals surface area (Å²) in [7, 11) is 0. The largest absolute Gasteiger partial charge is 0.481 e. The van der Waals surface area contributed by atoms with Crippen LogP contribution in [0.4, 0.5) is 0 Å².